The second-order valence-corrected chi connectivity index (χ2v) is 10.7. The minimum Gasteiger partial charge on any atom is -0.433 e. The first-order chi connectivity index (χ1) is 14.3. The van der Waals surface area contributed by atoms with Gasteiger partial charge in [-0.05, 0) is 32.9 Å². The van der Waals surface area contributed by atoms with Crippen molar-refractivity contribution >= 4 is 39.0 Å². The second kappa shape index (κ2) is 7.67. The Kier molecular flexibility index (Phi) is 5.65. The van der Waals surface area contributed by atoms with Crippen LogP contribution >= 0.6 is 11.3 Å². The third kappa shape index (κ3) is 3.80. The number of rotatable bonds is 5. The lowest BCUT2D eigenvalue weighted by Crippen LogP contribution is -2.61. The molecule has 3 heterocycles. The molecule has 0 aromatic carbocycles. The number of hydrogen-bond acceptors (Lipinski definition) is 9. The molecule has 1 aliphatic rings. The van der Waals surface area contributed by atoms with E-state index in [9.17, 15) is 22.0 Å². The van der Waals surface area contributed by atoms with Gasteiger partial charge in [0.05, 0.1) is 6.20 Å². The molecule has 3 rings (SSSR count). The van der Waals surface area contributed by atoms with Gasteiger partial charge in [0, 0.05) is 12.4 Å². The van der Waals surface area contributed by atoms with Gasteiger partial charge in [0.1, 0.15) is 32.6 Å². The van der Waals surface area contributed by atoms with Crippen LogP contribution in [0.1, 0.15) is 36.3 Å². The minimum absolute atomic E-state index is 0.0492. The average molecular weight is 475 g/mol. The number of ether oxygens (including phenoxy) is 1. The Morgan fingerprint density at radius 2 is 2.00 bits per heavy atom. The zero-order valence-electron chi connectivity index (χ0n) is 17.0. The van der Waals surface area contributed by atoms with E-state index in [2.05, 4.69) is 25.0 Å². The normalized spacial score (nSPS) is 22.2. The van der Waals surface area contributed by atoms with Crippen molar-refractivity contribution in [2.45, 2.75) is 37.7 Å². The topological polar surface area (TPSA) is 140 Å². The molecule has 1 atom stereocenters. The van der Waals surface area contributed by atoms with Crippen molar-refractivity contribution in [1.82, 2.24) is 14.3 Å². The molecule has 1 aliphatic heterocycles. The van der Waals surface area contributed by atoms with Crippen LogP contribution in [0.5, 0.6) is 5.75 Å². The Hall–Kier alpha value is -2.87. The van der Waals surface area contributed by atoms with Gasteiger partial charge in [-0.3, -0.25) is 4.79 Å². The number of anilines is 1. The van der Waals surface area contributed by atoms with E-state index in [4.69, 9.17) is 5.73 Å². The SMILES string of the molecule is CN1C(N)=N[C@@](C)(c2nc(NC(=O)c3ccc(OC(F)F)cn3)cs2)C(C)(C)S1(=O)=O. The molecule has 0 saturated heterocycles. The van der Waals surface area contributed by atoms with Crippen LogP contribution in [-0.4, -0.2) is 53.0 Å². The van der Waals surface area contributed by atoms with E-state index in [1.54, 1.807) is 6.92 Å². The summed E-state index contributed by atoms with van der Waals surface area (Å²) in [5.41, 5.74) is 4.48. The molecule has 0 unspecified atom stereocenters. The van der Waals surface area contributed by atoms with Crippen LogP contribution in [0.4, 0.5) is 14.6 Å². The van der Waals surface area contributed by atoms with E-state index in [-0.39, 0.29) is 23.2 Å². The predicted molar refractivity (Wildman–Crippen MR) is 111 cm³/mol. The van der Waals surface area contributed by atoms with Crippen LogP contribution in [0, 0.1) is 0 Å². The fraction of sp³-hybridized carbons (Fsp3) is 0.412. The van der Waals surface area contributed by atoms with E-state index in [0.29, 0.717) is 5.01 Å². The van der Waals surface area contributed by atoms with Crippen molar-refractivity contribution in [2.24, 2.45) is 10.7 Å². The summed E-state index contributed by atoms with van der Waals surface area (Å²) >= 11 is 1.11. The van der Waals surface area contributed by atoms with Gasteiger partial charge >= 0.3 is 6.61 Å². The van der Waals surface area contributed by atoms with Crippen LogP contribution in [0.15, 0.2) is 28.7 Å². The molecule has 0 aliphatic carbocycles. The monoisotopic (exact) mass is 474 g/mol. The van der Waals surface area contributed by atoms with Gasteiger partial charge in [0.2, 0.25) is 16.0 Å². The molecule has 168 valence electrons. The number of halogens is 2. The smallest absolute Gasteiger partial charge is 0.387 e. The number of alkyl halides is 2. The fourth-order valence-electron chi connectivity index (χ4n) is 2.88. The maximum Gasteiger partial charge on any atom is 0.387 e. The number of aliphatic imine (C=N–C) groups is 1. The van der Waals surface area contributed by atoms with Crippen LogP contribution in [0.3, 0.4) is 0 Å². The highest BCUT2D eigenvalue weighted by Gasteiger charge is 2.58. The maximum atomic E-state index is 12.9. The van der Waals surface area contributed by atoms with Crippen molar-refractivity contribution in [1.29, 1.82) is 0 Å². The van der Waals surface area contributed by atoms with Gasteiger partial charge in [0.25, 0.3) is 5.91 Å². The van der Waals surface area contributed by atoms with E-state index >= 15 is 0 Å². The summed E-state index contributed by atoms with van der Waals surface area (Å²) in [7, 11) is -2.51. The lowest BCUT2D eigenvalue weighted by atomic mass is 9.88. The standard InChI is InChI=1S/C17H20F2N6O4S2/c1-16(2)17(3,24-15(20)25(4)31(16,27)28)13-23-11(8-30-13)22-12(26)10-6-5-9(7-21-10)29-14(18)19/h5-8,14H,1-4H3,(H2,20,24)(H,22,26)/t17-/m0/s1. The predicted octanol–water partition coefficient (Wildman–Crippen LogP) is 1.98. The lowest BCUT2D eigenvalue weighted by Gasteiger charge is -2.45. The highest BCUT2D eigenvalue weighted by molar-refractivity contribution is 7.91. The van der Waals surface area contributed by atoms with Crippen LogP contribution in [0.2, 0.25) is 0 Å². The number of carbonyl (C=O) groups is 1. The molecule has 3 N–H and O–H groups in total. The number of carbonyl (C=O) groups excluding carboxylic acids is 1. The first-order valence-corrected chi connectivity index (χ1v) is 11.1. The van der Waals surface area contributed by atoms with Crippen LogP contribution in [0.25, 0.3) is 0 Å². The summed E-state index contributed by atoms with van der Waals surface area (Å²) in [4.78, 5) is 24.9. The molecule has 0 saturated carbocycles. The lowest BCUT2D eigenvalue weighted by molar-refractivity contribution is -0.0500. The summed E-state index contributed by atoms with van der Waals surface area (Å²) in [5.74, 6) is -0.833. The molecule has 0 bridgehead atoms. The first kappa shape index (κ1) is 22.8. The van der Waals surface area contributed by atoms with Crippen molar-refractivity contribution in [3.05, 3.63) is 34.4 Å². The molecule has 31 heavy (non-hydrogen) atoms. The highest BCUT2D eigenvalue weighted by atomic mass is 32.2. The van der Waals surface area contributed by atoms with Crippen molar-refractivity contribution in [2.75, 3.05) is 12.4 Å². The molecular formula is C17H20F2N6O4S2. The number of hydrogen-bond donors (Lipinski definition) is 2. The summed E-state index contributed by atoms with van der Waals surface area (Å²) < 4.78 is 54.0. The largest absolute Gasteiger partial charge is 0.433 e. The number of thiazole rings is 1. The van der Waals surface area contributed by atoms with Crippen LogP contribution in [-0.2, 0) is 15.6 Å². The zero-order valence-corrected chi connectivity index (χ0v) is 18.6. The van der Waals surface area contributed by atoms with E-state index in [1.165, 1.54) is 38.4 Å². The molecule has 14 heteroatoms. The third-order valence-electron chi connectivity index (χ3n) is 5.19. The number of guanidine groups is 1. The molecule has 2 aromatic heterocycles. The number of nitrogens with one attached hydrogen (secondary N) is 1. The second-order valence-electron chi connectivity index (χ2n) is 7.27. The molecule has 2 aromatic rings. The molecule has 0 fully saturated rings. The first-order valence-electron chi connectivity index (χ1n) is 8.81. The van der Waals surface area contributed by atoms with E-state index in [0.717, 1.165) is 21.8 Å². The van der Waals surface area contributed by atoms with Crippen molar-refractivity contribution < 1.29 is 26.7 Å². The van der Waals surface area contributed by atoms with Gasteiger partial charge in [-0.15, -0.1) is 11.3 Å². The average Bonchev–Trinajstić information content (AvgIpc) is 3.15. The number of nitrogens with zero attached hydrogens (tertiary/aromatic N) is 4. The summed E-state index contributed by atoms with van der Waals surface area (Å²) in [6, 6.07) is 2.41. The van der Waals surface area contributed by atoms with Crippen molar-refractivity contribution in [3.8, 4) is 5.75 Å². The van der Waals surface area contributed by atoms with Gasteiger partial charge in [-0.25, -0.2) is 27.7 Å². The highest BCUT2D eigenvalue weighted by Crippen LogP contribution is 2.46. The van der Waals surface area contributed by atoms with Gasteiger partial charge < -0.3 is 15.8 Å². The Balaban J connectivity index is 1.85. The van der Waals surface area contributed by atoms with E-state index < -0.39 is 32.8 Å². The molecular weight excluding hydrogens is 454 g/mol. The zero-order chi connectivity index (χ0) is 23.2. The number of aromatic nitrogens is 2. The third-order valence-corrected chi connectivity index (χ3v) is 8.84. The summed E-state index contributed by atoms with van der Waals surface area (Å²) in [6.45, 7) is 1.67. The van der Waals surface area contributed by atoms with Gasteiger partial charge in [-0.1, -0.05) is 0 Å². The molecule has 0 spiro atoms. The Morgan fingerprint density at radius 1 is 1.32 bits per heavy atom. The van der Waals surface area contributed by atoms with Crippen molar-refractivity contribution in [3.63, 3.8) is 0 Å². The number of amides is 1. The Bertz CT molecular complexity index is 1130. The van der Waals surface area contributed by atoms with Gasteiger partial charge in [-0.2, -0.15) is 8.78 Å². The summed E-state index contributed by atoms with van der Waals surface area (Å²) in [6.07, 6.45) is 0.998. The minimum atomic E-state index is -3.83. The quantitative estimate of drug-likeness (QED) is 0.675. The Labute approximate surface area is 181 Å². The van der Waals surface area contributed by atoms with E-state index in [1.807, 2.05) is 0 Å². The summed E-state index contributed by atoms with van der Waals surface area (Å²) in [5, 5.41) is 4.39. The number of sulfonamides is 1. The number of pyridine rings is 1. The Morgan fingerprint density at radius 3 is 2.58 bits per heavy atom. The molecule has 0 radical (unpaired) electrons. The molecule has 1 amide bonds. The van der Waals surface area contributed by atoms with Gasteiger partial charge in [0.15, 0.2) is 0 Å². The van der Waals surface area contributed by atoms with Crippen LogP contribution < -0.4 is 15.8 Å². The number of nitrogens with two attached hydrogens (primary N) is 1. The maximum absolute atomic E-state index is 12.9. The fourth-order valence-corrected chi connectivity index (χ4v) is 5.58. The molecule has 10 nitrogen and oxygen atoms in total.